The Balaban J connectivity index is 2.50. The van der Waals surface area contributed by atoms with Gasteiger partial charge in [-0.1, -0.05) is 41.4 Å². The third-order valence-electron chi connectivity index (χ3n) is 2.81. The van der Waals surface area contributed by atoms with E-state index in [1.54, 1.807) is 0 Å². The Labute approximate surface area is 117 Å². The molecule has 2 nitrogen and oxygen atoms in total. The Bertz CT molecular complexity index is 568. The summed E-state index contributed by atoms with van der Waals surface area (Å²) in [6.45, 7) is 5.77. The van der Waals surface area contributed by atoms with Gasteiger partial charge >= 0.3 is 0 Å². The van der Waals surface area contributed by atoms with E-state index in [1.807, 2.05) is 45.0 Å². The number of rotatable bonds is 2. The molecule has 2 aromatic rings. The maximum absolute atomic E-state index is 6.26. The molecule has 0 amide bonds. The van der Waals surface area contributed by atoms with Gasteiger partial charge in [0.25, 0.3) is 0 Å². The Hall–Kier alpha value is -1.25. The number of pyridine rings is 1. The van der Waals surface area contributed by atoms with Crippen molar-refractivity contribution in [2.24, 2.45) is 0 Å². The molecular formula is C14H14Cl2N2. The van der Waals surface area contributed by atoms with Crippen molar-refractivity contribution in [3.05, 3.63) is 51.3 Å². The van der Waals surface area contributed by atoms with Crippen molar-refractivity contribution in [2.45, 2.75) is 20.8 Å². The molecule has 0 unspecified atom stereocenters. The van der Waals surface area contributed by atoms with Gasteiger partial charge in [0.2, 0.25) is 0 Å². The Morgan fingerprint density at radius 2 is 1.50 bits per heavy atom. The minimum absolute atomic E-state index is 0.564. The van der Waals surface area contributed by atoms with E-state index >= 15 is 0 Å². The first-order valence-electron chi connectivity index (χ1n) is 5.65. The number of anilines is 2. The van der Waals surface area contributed by atoms with Gasteiger partial charge in [0.15, 0.2) is 0 Å². The first kappa shape index (κ1) is 13.2. The number of aromatic nitrogens is 1. The second-order valence-corrected chi connectivity index (χ2v) is 4.98. The van der Waals surface area contributed by atoms with E-state index < -0.39 is 0 Å². The predicted octanol–water partition coefficient (Wildman–Crippen LogP) is 5.06. The van der Waals surface area contributed by atoms with Gasteiger partial charge in [0, 0.05) is 5.69 Å². The predicted molar refractivity (Wildman–Crippen MR) is 78.2 cm³/mol. The van der Waals surface area contributed by atoms with Crippen LogP contribution in [0.3, 0.4) is 0 Å². The van der Waals surface area contributed by atoms with E-state index in [-0.39, 0.29) is 0 Å². The quantitative estimate of drug-likeness (QED) is 0.832. The zero-order valence-corrected chi connectivity index (χ0v) is 12.0. The van der Waals surface area contributed by atoms with Gasteiger partial charge in [0.05, 0.1) is 27.1 Å². The van der Waals surface area contributed by atoms with Crippen LogP contribution >= 0.6 is 23.2 Å². The molecule has 0 saturated heterocycles. The number of nitrogens with one attached hydrogen (secondary N) is 1. The first-order valence-corrected chi connectivity index (χ1v) is 6.41. The average molecular weight is 281 g/mol. The van der Waals surface area contributed by atoms with Crippen LogP contribution in [0.15, 0.2) is 24.3 Å². The second kappa shape index (κ2) is 5.17. The van der Waals surface area contributed by atoms with Gasteiger partial charge in [-0.05, 0) is 32.4 Å². The van der Waals surface area contributed by atoms with Crippen molar-refractivity contribution in [1.82, 2.24) is 4.98 Å². The largest absolute Gasteiger partial charge is 0.353 e. The van der Waals surface area contributed by atoms with Crippen LogP contribution in [0, 0.1) is 20.8 Å². The number of para-hydroxylation sites is 1. The number of nitrogens with zero attached hydrogens (tertiary/aromatic N) is 1. The van der Waals surface area contributed by atoms with Gasteiger partial charge < -0.3 is 5.32 Å². The molecule has 0 aliphatic rings. The number of hydrogen-bond donors (Lipinski definition) is 1. The molecule has 0 radical (unpaired) electrons. The zero-order chi connectivity index (χ0) is 13.3. The van der Waals surface area contributed by atoms with Gasteiger partial charge in [-0.15, -0.1) is 0 Å². The summed E-state index contributed by atoms with van der Waals surface area (Å²) in [6.07, 6.45) is 0. The van der Waals surface area contributed by atoms with E-state index in [9.17, 15) is 0 Å². The molecule has 0 aliphatic heterocycles. The molecule has 1 aromatic carbocycles. The van der Waals surface area contributed by atoms with E-state index in [0.29, 0.717) is 10.0 Å². The van der Waals surface area contributed by atoms with Crippen LogP contribution in [-0.4, -0.2) is 4.98 Å². The Morgan fingerprint density at radius 3 is 2.06 bits per heavy atom. The highest BCUT2D eigenvalue weighted by Gasteiger charge is 2.13. The summed E-state index contributed by atoms with van der Waals surface area (Å²) in [4.78, 5) is 4.29. The Morgan fingerprint density at radius 1 is 0.944 bits per heavy atom. The van der Waals surface area contributed by atoms with Crippen molar-refractivity contribution in [2.75, 3.05) is 5.32 Å². The lowest BCUT2D eigenvalue weighted by Gasteiger charge is -2.15. The summed E-state index contributed by atoms with van der Waals surface area (Å²) in [7, 11) is 0. The van der Waals surface area contributed by atoms with Crippen LogP contribution in [0.4, 0.5) is 11.4 Å². The third kappa shape index (κ3) is 2.45. The zero-order valence-electron chi connectivity index (χ0n) is 10.5. The minimum Gasteiger partial charge on any atom is -0.353 e. The summed E-state index contributed by atoms with van der Waals surface area (Å²) >= 11 is 12.5. The lowest BCUT2D eigenvalue weighted by molar-refractivity contribution is 1.12. The van der Waals surface area contributed by atoms with Crippen LogP contribution in [0.2, 0.25) is 10.0 Å². The van der Waals surface area contributed by atoms with Gasteiger partial charge in [0.1, 0.15) is 0 Å². The smallest absolute Gasteiger partial charge is 0.0868 e. The van der Waals surface area contributed by atoms with Crippen LogP contribution in [0.1, 0.15) is 17.0 Å². The fourth-order valence-electron chi connectivity index (χ4n) is 1.77. The van der Waals surface area contributed by atoms with Gasteiger partial charge in [-0.25, -0.2) is 0 Å². The molecule has 0 spiro atoms. The average Bonchev–Trinajstić information content (AvgIpc) is 2.34. The molecule has 0 aliphatic carbocycles. The van der Waals surface area contributed by atoms with Crippen molar-refractivity contribution < 1.29 is 0 Å². The molecule has 1 N–H and O–H groups in total. The summed E-state index contributed by atoms with van der Waals surface area (Å²) in [5, 5.41) is 4.41. The minimum atomic E-state index is 0.564. The summed E-state index contributed by atoms with van der Waals surface area (Å²) in [5.74, 6) is 0. The van der Waals surface area contributed by atoms with E-state index in [4.69, 9.17) is 23.2 Å². The number of benzene rings is 1. The normalized spacial score (nSPS) is 10.5. The maximum Gasteiger partial charge on any atom is 0.0868 e. The van der Waals surface area contributed by atoms with Crippen LogP contribution in [-0.2, 0) is 0 Å². The van der Waals surface area contributed by atoms with Crippen molar-refractivity contribution in [3.8, 4) is 0 Å². The van der Waals surface area contributed by atoms with Crippen LogP contribution < -0.4 is 5.32 Å². The summed E-state index contributed by atoms with van der Waals surface area (Å²) in [6, 6.07) is 7.99. The lowest BCUT2D eigenvalue weighted by Crippen LogP contribution is -1.99. The number of hydrogen-bond acceptors (Lipinski definition) is 2. The fourth-order valence-corrected chi connectivity index (χ4v) is 2.18. The second-order valence-electron chi connectivity index (χ2n) is 4.23. The molecule has 0 fully saturated rings. The molecule has 0 bridgehead atoms. The number of aryl methyl sites for hydroxylation is 3. The maximum atomic E-state index is 6.26. The summed E-state index contributed by atoms with van der Waals surface area (Å²) in [5.41, 5.74) is 4.39. The first-order chi connectivity index (χ1) is 8.50. The third-order valence-corrected chi connectivity index (χ3v) is 3.74. The molecule has 1 aromatic heterocycles. The van der Waals surface area contributed by atoms with Crippen LogP contribution in [0.25, 0.3) is 0 Å². The van der Waals surface area contributed by atoms with Crippen LogP contribution in [0.5, 0.6) is 0 Å². The number of halogens is 2. The standard InChI is InChI=1S/C14H14Cl2N2/c1-8-6-4-5-7-11(8)18-14-12(15)9(2)17-10(3)13(14)16/h4-7H,1-3H3,(H,17,18). The highest BCUT2D eigenvalue weighted by Crippen LogP contribution is 2.36. The van der Waals surface area contributed by atoms with Crippen molar-refractivity contribution in [3.63, 3.8) is 0 Å². The fraction of sp³-hybridized carbons (Fsp3) is 0.214. The van der Waals surface area contributed by atoms with E-state index in [0.717, 1.165) is 28.3 Å². The topological polar surface area (TPSA) is 24.9 Å². The monoisotopic (exact) mass is 280 g/mol. The molecule has 1 heterocycles. The highest BCUT2D eigenvalue weighted by atomic mass is 35.5. The molecule has 2 rings (SSSR count). The van der Waals surface area contributed by atoms with Crippen molar-refractivity contribution >= 4 is 34.6 Å². The Kier molecular flexibility index (Phi) is 3.79. The van der Waals surface area contributed by atoms with E-state index in [1.165, 1.54) is 0 Å². The van der Waals surface area contributed by atoms with Gasteiger partial charge in [-0.2, -0.15) is 0 Å². The summed E-state index contributed by atoms with van der Waals surface area (Å²) < 4.78 is 0. The molecule has 18 heavy (non-hydrogen) atoms. The molecule has 94 valence electrons. The van der Waals surface area contributed by atoms with Crippen molar-refractivity contribution in [1.29, 1.82) is 0 Å². The van der Waals surface area contributed by atoms with E-state index in [2.05, 4.69) is 10.3 Å². The molecule has 0 saturated carbocycles. The highest BCUT2D eigenvalue weighted by molar-refractivity contribution is 6.39. The SMILES string of the molecule is Cc1ccccc1Nc1c(Cl)c(C)nc(C)c1Cl. The van der Waals surface area contributed by atoms with Gasteiger partial charge in [-0.3, -0.25) is 4.98 Å². The molecule has 4 heteroatoms. The molecule has 0 atom stereocenters. The lowest BCUT2D eigenvalue weighted by atomic mass is 10.2. The molecular weight excluding hydrogens is 267 g/mol.